The van der Waals surface area contributed by atoms with E-state index in [1.165, 1.54) is 19.2 Å². The molecule has 0 fully saturated rings. The fourth-order valence-corrected chi connectivity index (χ4v) is 1.42. The maximum atomic E-state index is 11.4. The van der Waals surface area contributed by atoms with Crippen molar-refractivity contribution in [2.24, 2.45) is 0 Å². The number of nitro groups is 1. The van der Waals surface area contributed by atoms with Gasteiger partial charge in [0.2, 0.25) is 0 Å². The summed E-state index contributed by atoms with van der Waals surface area (Å²) in [5.74, 6) is -1.90. The van der Waals surface area contributed by atoms with E-state index in [2.05, 4.69) is 4.74 Å². The van der Waals surface area contributed by atoms with Gasteiger partial charge in [0.1, 0.15) is 5.75 Å². The molecule has 0 aromatic heterocycles. The van der Waals surface area contributed by atoms with Gasteiger partial charge in [-0.05, 0) is 12.1 Å². The fraction of sp³-hybridized carbons (Fsp3) is 0.273. The Kier molecular flexibility index (Phi) is 7.08. The molecule has 0 aliphatic rings. The SMILES string of the molecule is COC(=O)C(C#N)c1ccc(OC)cc1[N+](=O)[O-].[NaH]. The van der Waals surface area contributed by atoms with E-state index in [0.29, 0.717) is 0 Å². The fourth-order valence-electron chi connectivity index (χ4n) is 1.42. The number of esters is 1. The first-order valence-electron chi connectivity index (χ1n) is 4.85. The number of methoxy groups -OCH3 is 2. The molecule has 1 aromatic carbocycles. The number of nitriles is 1. The molecule has 1 unspecified atom stereocenters. The van der Waals surface area contributed by atoms with Gasteiger partial charge in [-0.1, -0.05) is 0 Å². The third-order valence-electron chi connectivity index (χ3n) is 2.31. The van der Waals surface area contributed by atoms with Crippen molar-refractivity contribution in [1.29, 1.82) is 5.26 Å². The number of nitrogens with zero attached hydrogens (tertiary/aromatic N) is 2. The third-order valence-corrected chi connectivity index (χ3v) is 2.31. The van der Waals surface area contributed by atoms with Gasteiger partial charge in [-0.25, -0.2) is 0 Å². The predicted octanol–water partition coefficient (Wildman–Crippen LogP) is 0.735. The Balaban J connectivity index is 0.00000324. The van der Waals surface area contributed by atoms with Crippen LogP contribution >= 0.6 is 0 Å². The Morgan fingerprint density at radius 2 is 2.11 bits per heavy atom. The van der Waals surface area contributed by atoms with E-state index >= 15 is 0 Å². The zero-order valence-corrected chi connectivity index (χ0v) is 9.75. The van der Waals surface area contributed by atoms with Gasteiger partial charge < -0.3 is 9.47 Å². The van der Waals surface area contributed by atoms with E-state index in [4.69, 9.17) is 10.00 Å². The second kappa shape index (κ2) is 7.74. The van der Waals surface area contributed by atoms with Crippen LogP contribution in [0.3, 0.4) is 0 Å². The Bertz CT molecular complexity index is 526. The second-order valence-corrected chi connectivity index (χ2v) is 3.27. The molecule has 8 heteroatoms. The first-order chi connectivity index (χ1) is 8.54. The number of hydrogen-bond donors (Lipinski definition) is 0. The number of carbonyl (C=O) groups excluding carboxylic acids is 1. The average molecular weight is 274 g/mol. The normalized spacial score (nSPS) is 10.6. The van der Waals surface area contributed by atoms with E-state index in [-0.39, 0.29) is 46.6 Å². The van der Waals surface area contributed by atoms with Crippen LogP contribution in [0.2, 0.25) is 0 Å². The van der Waals surface area contributed by atoms with Gasteiger partial charge in [0.15, 0.2) is 5.92 Å². The summed E-state index contributed by atoms with van der Waals surface area (Å²) in [4.78, 5) is 21.6. The van der Waals surface area contributed by atoms with Crippen molar-refractivity contribution >= 4 is 41.2 Å². The van der Waals surface area contributed by atoms with Crippen LogP contribution in [-0.2, 0) is 9.53 Å². The van der Waals surface area contributed by atoms with E-state index in [9.17, 15) is 14.9 Å². The van der Waals surface area contributed by atoms with Gasteiger partial charge >= 0.3 is 35.5 Å². The molecule has 19 heavy (non-hydrogen) atoms. The number of carbonyl (C=O) groups is 1. The molecule has 0 radical (unpaired) electrons. The Hall–Kier alpha value is -1.62. The number of ether oxygens (including phenoxy) is 2. The van der Waals surface area contributed by atoms with Crippen molar-refractivity contribution in [1.82, 2.24) is 0 Å². The van der Waals surface area contributed by atoms with Crippen molar-refractivity contribution < 1.29 is 19.2 Å². The molecule has 1 aromatic rings. The van der Waals surface area contributed by atoms with Crippen molar-refractivity contribution in [3.63, 3.8) is 0 Å². The summed E-state index contributed by atoms with van der Waals surface area (Å²) in [6, 6.07) is 5.58. The van der Waals surface area contributed by atoms with Crippen molar-refractivity contribution in [2.75, 3.05) is 14.2 Å². The molecule has 0 saturated carbocycles. The third kappa shape index (κ3) is 3.92. The van der Waals surface area contributed by atoms with Gasteiger partial charge in [-0.2, -0.15) is 5.26 Å². The Morgan fingerprint density at radius 1 is 1.47 bits per heavy atom. The van der Waals surface area contributed by atoms with Crippen molar-refractivity contribution in [2.45, 2.75) is 5.92 Å². The Morgan fingerprint density at radius 3 is 2.53 bits per heavy atom. The monoisotopic (exact) mass is 274 g/mol. The molecule has 96 valence electrons. The second-order valence-electron chi connectivity index (χ2n) is 3.27. The van der Waals surface area contributed by atoms with Gasteiger partial charge in [0.25, 0.3) is 5.69 Å². The summed E-state index contributed by atoms with van der Waals surface area (Å²) < 4.78 is 9.29. The molecule has 0 amide bonds. The first-order valence-corrected chi connectivity index (χ1v) is 4.85. The zero-order valence-electron chi connectivity index (χ0n) is 9.75. The molecule has 0 saturated heterocycles. The molecule has 0 aliphatic heterocycles. The van der Waals surface area contributed by atoms with Crippen LogP contribution in [-0.4, -0.2) is 54.7 Å². The van der Waals surface area contributed by atoms with Crippen molar-refractivity contribution in [3.05, 3.63) is 33.9 Å². The molecule has 1 rings (SSSR count). The van der Waals surface area contributed by atoms with Crippen LogP contribution in [0.25, 0.3) is 0 Å². The van der Waals surface area contributed by atoms with Crippen LogP contribution < -0.4 is 4.74 Å². The zero-order chi connectivity index (χ0) is 13.7. The Labute approximate surface area is 131 Å². The number of benzene rings is 1. The van der Waals surface area contributed by atoms with Crippen LogP contribution in [0.4, 0.5) is 5.69 Å². The summed E-state index contributed by atoms with van der Waals surface area (Å²) in [6.45, 7) is 0. The standard InChI is InChI=1S/C11H10N2O5.Na.H/c1-17-7-3-4-8(10(5-7)13(15)16)9(6-12)11(14)18-2;;/h3-5,9H,1-2H3;;. The molecule has 0 spiro atoms. The maximum absolute atomic E-state index is 11.4. The average Bonchev–Trinajstić information content (AvgIpc) is 2.39. The minimum absolute atomic E-state index is 0. The minimum atomic E-state index is -1.33. The first kappa shape index (κ1) is 17.4. The van der Waals surface area contributed by atoms with Gasteiger partial charge in [-0.15, -0.1) is 0 Å². The molecular weight excluding hydrogens is 263 g/mol. The van der Waals surface area contributed by atoms with Crippen LogP contribution in [0.5, 0.6) is 5.75 Å². The molecule has 0 bridgehead atoms. The number of hydrogen-bond acceptors (Lipinski definition) is 6. The molecule has 0 heterocycles. The summed E-state index contributed by atoms with van der Waals surface area (Å²) in [6.07, 6.45) is 0. The molecule has 0 N–H and O–H groups in total. The molecule has 0 aliphatic carbocycles. The van der Waals surface area contributed by atoms with Crippen LogP contribution in [0.1, 0.15) is 11.5 Å². The summed E-state index contributed by atoms with van der Waals surface area (Å²) in [5, 5.41) is 19.8. The van der Waals surface area contributed by atoms with Crippen molar-refractivity contribution in [3.8, 4) is 11.8 Å². The summed E-state index contributed by atoms with van der Waals surface area (Å²) in [7, 11) is 2.48. The summed E-state index contributed by atoms with van der Waals surface area (Å²) >= 11 is 0. The van der Waals surface area contributed by atoms with E-state index < -0.39 is 16.8 Å². The van der Waals surface area contributed by atoms with Gasteiger partial charge in [0.05, 0.1) is 36.8 Å². The quantitative estimate of drug-likeness (QED) is 0.347. The predicted molar refractivity (Wildman–Crippen MR) is 67.2 cm³/mol. The van der Waals surface area contributed by atoms with Crippen LogP contribution in [0.15, 0.2) is 18.2 Å². The van der Waals surface area contributed by atoms with E-state index in [0.717, 1.165) is 13.2 Å². The van der Waals surface area contributed by atoms with Gasteiger partial charge in [0, 0.05) is 0 Å². The summed E-state index contributed by atoms with van der Waals surface area (Å²) in [5.41, 5.74) is -0.374. The molecular formula is C11H11N2NaO5. The molecule has 1 atom stereocenters. The topological polar surface area (TPSA) is 102 Å². The number of rotatable bonds is 4. The van der Waals surface area contributed by atoms with Gasteiger partial charge in [-0.3, -0.25) is 14.9 Å². The van der Waals surface area contributed by atoms with E-state index in [1.54, 1.807) is 6.07 Å². The number of nitro benzene ring substituents is 1. The van der Waals surface area contributed by atoms with Crippen LogP contribution in [0, 0.1) is 21.4 Å². The molecule has 7 nitrogen and oxygen atoms in total. The van der Waals surface area contributed by atoms with E-state index in [1.807, 2.05) is 0 Å².